The number of Topliss-reactive ketones (excluding diaryl/α,β-unsaturated/α-hetero) is 1. The van der Waals surface area contributed by atoms with Crippen LogP contribution in [0.25, 0.3) is 0 Å². The van der Waals surface area contributed by atoms with Crippen molar-refractivity contribution in [2.45, 2.75) is 34.1 Å². The highest BCUT2D eigenvalue weighted by molar-refractivity contribution is 9.10. The standard InChI is InChI=1S/C15H17BrO3/c1-5-19-14(18)15(4)7-10-6-8(2)12(16)9(3)11(10)13(15)17/h6H,5,7H2,1-4H3. The molecule has 2 rings (SSSR count). The number of esters is 1. The van der Waals surface area contributed by atoms with E-state index >= 15 is 0 Å². The monoisotopic (exact) mass is 324 g/mol. The first-order valence-electron chi connectivity index (χ1n) is 6.33. The van der Waals surface area contributed by atoms with Gasteiger partial charge in [-0.25, -0.2) is 0 Å². The second-order valence-electron chi connectivity index (χ2n) is 5.23. The fourth-order valence-corrected chi connectivity index (χ4v) is 3.00. The molecule has 0 amide bonds. The third kappa shape index (κ3) is 2.02. The summed E-state index contributed by atoms with van der Waals surface area (Å²) in [4.78, 5) is 24.7. The number of fused-ring (bicyclic) bond motifs is 1. The summed E-state index contributed by atoms with van der Waals surface area (Å²) in [6.45, 7) is 7.61. The average molecular weight is 325 g/mol. The van der Waals surface area contributed by atoms with Crippen LogP contribution < -0.4 is 0 Å². The Morgan fingerprint density at radius 3 is 2.68 bits per heavy atom. The fourth-order valence-electron chi connectivity index (χ4n) is 2.69. The molecule has 0 heterocycles. The number of rotatable bonds is 2. The van der Waals surface area contributed by atoms with Crippen LogP contribution in [0, 0.1) is 19.3 Å². The van der Waals surface area contributed by atoms with E-state index in [0.29, 0.717) is 18.6 Å². The van der Waals surface area contributed by atoms with Crippen molar-refractivity contribution in [2.75, 3.05) is 6.61 Å². The minimum absolute atomic E-state index is 0.126. The summed E-state index contributed by atoms with van der Waals surface area (Å²) in [6, 6.07) is 1.98. The number of hydrogen-bond acceptors (Lipinski definition) is 3. The Morgan fingerprint density at radius 1 is 1.47 bits per heavy atom. The predicted octanol–water partition coefficient (Wildman–Crippen LogP) is 3.37. The van der Waals surface area contributed by atoms with E-state index in [4.69, 9.17) is 4.74 Å². The third-order valence-corrected chi connectivity index (χ3v) is 4.98. The summed E-state index contributed by atoms with van der Waals surface area (Å²) in [7, 11) is 0. The Kier molecular flexibility index (Phi) is 3.56. The minimum atomic E-state index is -1.07. The average Bonchev–Trinajstić information content (AvgIpc) is 2.60. The molecule has 1 aliphatic carbocycles. The van der Waals surface area contributed by atoms with Gasteiger partial charge in [0.05, 0.1) is 6.61 Å². The van der Waals surface area contributed by atoms with Crippen molar-refractivity contribution >= 4 is 27.7 Å². The zero-order valence-corrected chi connectivity index (χ0v) is 13.2. The minimum Gasteiger partial charge on any atom is -0.465 e. The molecule has 0 bridgehead atoms. The van der Waals surface area contributed by atoms with Crippen molar-refractivity contribution < 1.29 is 14.3 Å². The van der Waals surface area contributed by atoms with E-state index in [9.17, 15) is 9.59 Å². The number of aryl methyl sites for hydroxylation is 1. The lowest BCUT2D eigenvalue weighted by atomic mass is 9.86. The second-order valence-corrected chi connectivity index (χ2v) is 6.02. The third-order valence-electron chi connectivity index (χ3n) is 3.76. The molecular weight excluding hydrogens is 308 g/mol. The van der Waals surface area contributed by atoms with Gasteiger partial charge < -0.3 is 4.74 Å². The first-order valence-corrected chi connectivity index (χ1v) is 7.12. The molecule has 0 fully saturated rings. The van der Waals surface area contributed by atoms with Crippen LogP contribution in [-0.2, 0) is 16.0 Å². The van der Waals surface area contributed by atoms with Crippen LogP contribution in [0.4, 0.5) is 0 Å². The highest BCUT2D eigenvalue weighted by atomic mass is 79.9. The number of carbonyl (C=O) groups excluding carboxylic acids is 2. The maximum absolute atomic E-state index is 12.6. The van der Waals surface area contributed by atoms with Crippen LogP contribution >= 0.6 is 15.9 Å². The molecule has 1 unspecified atom stereocenters. The van der Waals surface area contributed by atoms with Gasteiger partial charge in [0, 0.05) is 10.0 Å². The normalized spacial score (nSPS) is 21.4. The van der Waals surface area contributed by atoms with Gasteiger partial charge in [-0.05, 0) is 50.8 Å². The van der Waals surface area contributed by atoms with Crippen molar-refractivity contribution in [1.82, 2.24) is 0 Å². The second kappa shape index (κ2) is 4.75. The van der Waals surface area contributed by atoms with Gasteiger partial charge in [0.1, 0.15) is 5.41 Å². The van der Waals surface area contributed by atoms with Crippen molar-refractivity contribution in [2.24, 2.45) is 5.41 Å². The molecule has 102 valence electrons. The van der Waals surface area contributed by atoms with Crippen molar-refractivity contribution in [3.8, 4) is 0 Å². The zero-order chi connectivity index (χ0) is 14.4. The molecule has 0 radical (unpaired) electrons. The molecule has 0 N–H and O–H groups in total. The van der Waals surface area contributed by atoms with Crippen LogP contribution in [0.2, 0.25) is 0 Å². The van der Waals surface area contributed by atoms with Crippen molar-refractivity contribution in [3.05, 3.63) is 32.8 Å². The molecule has 0 saturated carbocycles. The summed E-state index contributed by atoms with van der Waals surface area (Å²) in [6.07, 6.45) is 0.426. The molecule has 1 atom stereocenters. The molecule has 0 aromatic heterocycles. The Labute approximate surface area is 121 Å². The summed E-state index contributed by atoms with van der Waals surface area (Å²) in [5.41, 5.74) is 2.54. The van der Waals surface area contributed by atoms with Crippen LogP contribution in [0.3, 0.4) is 0 Å². The fraction of sp³-hybridized carbons (Fsp3) is 0.467. The van der Waals surface area contributed by atoms with E-state index in [2.05, 4.69) is 15.9 Å². The number of halogens is 1. The Bertz CT molecular complexity index is 577. The maximum Gasteiger partial charge on any atom is 0.320 e. The van der Waals surface area contributed by atoms with Crippen LogP contribution in [-0.4, -0.2) is 18.4 Å². The zero-order valence-electron chi connectivity index (χ0n) is 11.6. The number of hydrogen-bond donors (Lipinski definition) is 0. The molecule has 0 spiro atoms. The molecule has 1 aromatic carbocycles. The molecule has 3 nitrogen and oxygen atoms in total. The molecule has 4 heteroatoms. The molecule has 19 heavy (non-hydrogen) atoms. The van der Waals surface area contributed by atoms with Gasteiger partial charge in [0.25, 0.3) is 0 Å². The Hall–Kier alpha value is -1.16. The van der Waals surface area contributed by atoms with Gasteiger partial charge in [-0.2, -0.15) is 0 Å². The molecule has 0 aliphatic heterocycles. The summed E-state index contributed by atoms with van der Waals surface area (Å²) in [5, 5.41) is 0. The lowest BCUT2D eigenvalue weighted by molar-refractivity contribution is -0.151. The topological polar surface area (TPSA) is 43.4 Å². The number of ketones is 1. The van der Waals surface area contributed by atoms with E-state index in [1.807, 2.05) is 19.9 Å². The summed E-state index contributed by atoms with van der Waals surface area (Å²) < 4.78 is 6.00. The van der Waals surface area contributed by atoms with Gasteiger partial charge >= 0.3 is 5.97 Å². The number of benzene rings is 1. The van der Waals surface area contributed by atoms with Gasteiger partial charge in [-0.15, -0.1) is 0 Å². The molecule has 1 aromatic rings. The smallest absolute Gasteiger partial charge is 0.320 e. The van der Waals surface area contributed by atoms with Crippen molar-refractivity contribution in [3.63, 3.8) is 0 Å². The first-order chi connectivity index (χ1) is 8.82. The lowest BCUT2D eigenvalue weighted by Gasteiger charge is -2.19. The van der Waals surface area contributed by atoms with Gasteiger partial charge in [-0.3, -0.25) is 9.59 Å². The van der Waals surface area contributed by atoms with E-state index in [0.717, 1.165) is 21.2 Å². The Morgan fingerprint density at radius 2 is 2.11 bits per heavy atom. The number of ether oxygens (including phenoxy) is 1. The lowest BCUT2D eigenvalue weighted by Crippen LogP contribution is -2.35. The van der Waals surface area contributed by atoms with E-state index < -0.39 is 11.4 Å². The largest absolute Gasteiger partial charge is 0.465 e. The van der Waals surface area contributed by atoms with Gasteiger partial charge in [0.15, 0.2) is 5.78 Å². The highest BCUT2D eigenvalue weighted by Crippen LogP contribution is 2.42. The van der Waals surface area contributed by atoms with Gasteiger partial charge in [0.2, 0.25) is 0 Å². The number of carbonyl (C=O) groups is 2. The molecule has 0 saturated heterocycles. The maximum atomic E-state index is 12.6. The van der Waals surface area contributed by atoms with Crippen molar-refractivity contribution in [1.29, 1.82) is 0 Å². The van der Waals surface area contributed by atoms with E-state index in [1.54, 1.807) is 13.8 Å². The predicted molar refractivity (Wildman–Crippen MR) is 76.4 cm³/mol. The van der Waals surface area contributed by atoms with Crippen LogP contribution in [0.1, 0.15) is 40.9 Å². The summed E-state index contributed by atoms with van der Waals surface area (Å²) >= 11 is 3.50. The van der Waals surface area contributed by atoms with Crippen LogP contribution in [0.5, 0.6) is 0 Å². The quantitative estimate of drug-likeness (QED) is 0.618. The highest BCUT2D eigenvalue weighted by Gasteiger charge is 2.49. The van der Waals surface area contributed by atoms with Gasteiger partial charge in [-0.1, -0.05) is 22.0 Å². The Balaban J connectivity index is 2.53. The van der Waals surface area contributed by atoms with Crippen LogP contribution in [0.15, 0.2) is 10.5 Å². The van der Waals surface area contributed by atoms with E-state index in [1.165, 1.54) is 0 Å². The molecule has 1 aliphatic rings. The van der Waals surface area contributed by atoms with E-state index in [-0.39, 0.29) is 5.78 Å². The summed E-state index contributed by atoms with van der Waals surface area (Å²) in [5.74, 6) is -0.552. The SMILES string of the molecule is CCOC(=O)C1(C)Cc2cc(C)c(Br)c(C)c2C1=O. The molecular formula is C15H17BrO3. The first kappa shape index (κ1) is 14.3.